The fourth-order valence-corrected chi connectivity index (χ4v) is 0.977. The lowest BCUT2D eigenvalue weighted by atomic mass is 10.5. The van der Waals surface area contributed by atoms with Crippen molar-refractivity contribution in [2.45, 2.75) is 5.51 Å². The summed E-state index contributed by atoms with van der Waals surface area (Å²) in [4.78, 5) is 10.7. The van der Waals surface area contributed by atoms with Crippen LogP contribution in [-0.2, 0) is 0 Å². The number of hydrogen-bond acceptors (Lipinski definition) is 3. The number of rotatable bonds is 1. The standard InChI is InChI=1S/C6H3F3O2S/c7-6(8,9)12-5(10)4-2-1-3-11-4/h1-3H. The number of furan rings is 1. The van der Waals surface area contributed by atoms with Crippen LogP contribution in [0.4, 0.5) is 13.2 Å². The quantitative estimate of drug-likeness (QED) is 0.691. The highest BCUT2D eigenvalue weighted by Crippen LogP contribution is 2.32. The van der Waals surface area contributed by atoms with Gasteiger partial charge in [0, 0.05) is 11.8 Å². The van der Waals surface area contributed by atoms with Gasteiger partial charge in [0.1, 0.15) is 0 Å². The van der Waals surface area contributed by atoms with Gasteiger partial charge >= 0.3 is 5.51 Å². The molecule has 2 nitrogen and oxygen atoms in total. The number of hydrogen-bond donors (Lipinski definition) is 0. The third-order valence-electron chi connectivity index (χ3n) is 0.931. The molecule has 66 valence electrons. The van der Waals surface area contributed by atoms with Crippen LogP contribution >= 0.6 is 11.8 Å². The second-order valence-corrected chi connectivity index (χ2v) is 2.85. The number of carbonyl (C=O) groups excluding carboxylic acids is 1. The average molecular weight is 196 g/mol. The first kappa shape index (κ1) is 9.18. The van der Waals surface area contributed by atoms with Gasteiger partial charge in [-0.15, -0.1) is 0 Å². The van der Waals surface area contributed by atoms with E-state index < -0.39 is 22.4 Å². The third-order valence-corrected chi connectivity index (χ3v) is 1.55. The van der Waals surface area contributed by atoms with Crippen LogP contribution in [0.25, 0.3) is 0 Å². The molecule has 0 bridgehead atoms. The van der Waals surface area contributed by atoms with Crippen molar-refractivity contribution in [3.8, 4) is 0 Å². The Hall–Kier alpha value is -0.910. The molecule has 0 aliphatic carbocycles. The van der Waals surface area contributed by atoms with Crippen LogP contribution in [0.2, 0.25) is 0 Å². The van der Waals surface area contributed by atoms with Gasteiger partial charge in [-0.05, 0) is 12.1 Å². The van der Waals surface area contributed by atoms with Gasteiger partial charge in [-0.25, -0.2) is 0 Å². The third kappa shape index (κ3) is 2.61. The number of thioether (sulfide) groups is 1. The number of halogens is 3. The summed E-state index contributed by atoms with van der Waals surface area (Å²) in [5, 5.41) is -1.13. The predicted octanol–water partition coefficient (Wildman–Crippen LogP) is 2.67. The predicted molar refractivity (Wildman–Crippen MR) is 36.7 cm³/mol. The van der Waals surface area contributed by atoms with Gasteiger partial charge in [-0.3, -0.25) is 4.79 Å². The second-order valence-electron chi connectivity index (χ2n) is 1.81. The molecule has 0 saturated heterocycles. The zero-order valence-corrected chi connectivity index (χ0v) is 6.41. The molecular formula is C6H3F3O2S. The topological polar surface area (TPSA) is 30.2 Å². The minimum Gasteiger partial charge on any atom is -0.460 e. The molecule has 0 spiro atoms. The van der Waals surface area contributed by atoms with Crippen LogP contribution in [0, 0.1) is 0 Å². The molecule has 0 amide bonds. The van der Waals surface area contributed by atoms with Gasteiger partial charge in [0.2, 0.25) is 0 Å². The van der Waals surface area contributed by atoms with Gasteiger partial charge in [-0.1, -0.05) is 0 Å². The minimum atomic E-state index is -4.55. The van der Waals surface area contributed by atoms with E-state index in [1.807, 2.05) is 0 Å². The molecule has 0 aromatic carbocycles. The average Bonchev–Trinajstić information content (AvgIpc) is 2.32. The van der Waals surface area contributed by atoms with Crippen molar-refractivity contribution in [3.05, 3.63) is 24.2 Å². The SMILES string of the molecule is O=C(SC(F)(F)F)c1ccco1. The van der Waals surface area contributed by atoms with E-state index in [2.05, 4.69) is 4.42 Å². The van der Waals surface area contributed by atoms with Gasteiger partial charge in [0.05, 0.1) is 6.26 Å². The van der Waals surface area contributed by atoms with E-state index in [1.165, 1.54) is 12.1 Å². The Morgan fingerprint density at radius 3 is 2.58 bits per heavy atom. The molecule has 0 radical (unpaired) electrons. The Morgan fingerprint density at radius 1 is 1.50 bits per heavy atom. The van der Waals surface area contributed by atoms with Crippen LogP contribution in [0.3, 0.4) is 0 Å². The van der Waals surface area contributed by atoms with E-state index in [-0.39, 0.29) is 5.76 Å². The maximum absolute atomic E-state index is 11.6. The summed E-state index contributed by atoms with van der Waals surface area (Å²) < 4.78 is 39.3. The summed E-state index contributed by atoms with van der Waals surface area (Å²) in [6.45, 7) is 0. The van der Waals surface area contributed by atoms with E-state index in [0.717, 1.165) is 6.26 Å². The molecule has 0 fully saturated rings. The molecule has 1 aromatic heterocycles. The largest absolute Gasteiger partial charge is 0.460 e. The zero-order chi connectivity index (χ0) is 9.19. The van der Waals surface area contributed by atoms with Crippen LogP contribution < -0.4 is 0 Å². The highest BCUT2D eigenvalue weighted by Gasteiger charge is 2.34. The van der Waals surface area contributed by atoms with Crippen LogP contribution in [0.15, 0.2) is 22.8 Å². The van der Waals surface area contributed by atoms with E-state index in [1.54, 1.807) is 0 Å². The van der Waals surface area contributed by atoms with Crippen molar-refractivity contribution in [2.75, 3.05) is 0 Å². The molecule has 0 atom stereocenters. The normalized spacial score (nSPS) is 11.6. The number of alkyl halides is 3. The van der Waals surface area contributed by atoms with Crippen LogP contribution in [-0.4, -0.2) is 10.6 Å². The lowest BCUT2D eigenvalue weighted by molar-refractivity contribution is -0.0323. The molecule has 0 unspecified atom stereocenters. The maximum Gasteiger partial charge on any atom is 0.449 e. The Morgan fingerprint density at radius 2 is 2.17 bits per heavy atom. The summed E-state index contributed by atoms with van der Waals surface area (Å²) in [6, 6.07) is 2.53. The monoisotopic (exact) mass is 196 g/mol. The summed E-state index contributed by atoms with van der Waals surface area (Å²) in [5.41, 5.74) is -4.55. The van der Waals surface area contributed by atoms with E-state index in [4.69, 9.17) is 0 Å². The molecular weight excluding hydrogens is 193 g/mol. The minimum absolute atomic E-state index is 0.294. The van der Waals surface area contributed by atoms with Crippen molar-refractivity contribution in [3.63, 3.8) is 0 Å². The van der Waals surface area contributed by atoms with E-state index in [9.17, 15) is 18.0 Å². The molecule has 1 aromatic rings. The summed E-state index contributed by atoms with van der Waals surface area (Å²) >= 11 is -0.718. The van der Waals surface area contributed by atoms with Crippen LogP contribution in [0.1, 0.15) is 10.6 Å². The van der Waals surface area contributed by atoms with Gasteiger partial charge in [0.25, 0.3) is 5.12 Å². The summed E-state index contributed by atoms with van der Waals surface area (Å²) in [6.07, 6.45) is 1.14. The molecule has 0 N–H and O–H groups in total. The fraction of sp³-hybridized carbons (Fsp3) is 0.167. The van der Waals surface area contributed by atoms with Crippen molar-refractivity contribution in [1.82, 2.24) is 0 Å². The van der Waals surface area contributed by atoms with Gasteiger partial charge < -0.3 is 4.42 Å². The Bertz CT molecular complexity index is 265. The Balaban J connectivity index is 2.63. The van der Waals surface area contributed by atoms with E-state index >= 15 is 0 Å². The number of carbonyl (C=O) groups is 1. The van der Waals surface area contributed by atoms with E-state index in [0.29, 0.717) is 0 Å². The molecule has 1 heterocycles. The molecule has 0 aliphatic heterocycles. The molecule has 6 heteroatoms. The Kier molecular flexibility index (Phi) is 2.46. The molecule has 0 saturated carbocycles. The first-order valence-electron chi connectivity index (χ1n) is 2.82. The van der Waals surface area contributed by atoms with Gasteiger partial charge in [0.15, 0.2) is 5.76 Å². The molecule has 12 heavy (non-hydrogen) atoms. The first-order valence-corrected chi connectivity index (χ1v) is 3.64. The van der Waals surface area contributed by atoms with Crippen molar-refractivity contribution >= 4 is 16.9 Å². The lowest BCUT2D eigenvalue weighted by Crippen LogP contribution is -2.05. The lowest BCUT2D eigenvalue weighted by Gasteiger charge is -2.00. The summed E-state index contributed by atoms with van der Waals surface area (Å²) in [7, 11) is 0. The van der Waals surface area contributed by atoms with Crippen molar-refractivity contribution in [1.29, 1.82) is 0 Å². The highest BCUT2D eigenvalue weighted by molar-refractivity contribution is 8.14. The molecule has 0 aliphatic rings. The molecule has 1 rings (SSSR count). The smallest absolute Gasteiger partial charge is 0.449 e. The Labute approximate surface area is 69.7 Å². The van der Waals surface area contributed by atoms with Gasteiger partial charge in [-0.2, -0.15) is 13.2 Å². The first-order chi connectivity index (χ1) is 5.49. The summed E-state index contributed by atoms with van der Waals surface area (Å²) in [5.74, 6) is -0.294. The van der Waals surface area contributed by atoms with Crippen molar-refractivity contribution in [2.24, 2.45) is 0 Å². The highest BCUT2D eigenvalue weighted by atomic mass is 32.2. The van der Waals surface area contributed by atoms with Crippen molar-refractivity contribution < 1.29 is 22.4 Å². The fourth-order valence-electron chi connectivity index (χ4n) is 0.550. The zero-order valence-electron chi connectivity index (χ0n) is 5.59. The maximum atomic E-state index is 11.6. The second kappa shape index (κ2) is 3.22. The van der Waals surface area contributed by atoms with Crippen LogP contribution in [0.5, 0.6) is 0 Å².